The fraction of sp³-hybridized carbons (Fsp3) is 0.333. The molecular weight excluding hydrogens is 212 g/mol. The summed E-state index contributed by atoms with van der Waals surface area (Å²) in [7, 11) is 0. The van der Waals surface area contributed by atoms with Gasteiger partial charge in [0.1, 0.15) is 0 Å². The SMILES string of the molecule is CC(C)c1ccc(Br)cc1.[MgH2]. The Hall–Kier alpha value is 0.466. The van der Waals surface area contributed by atoms with Gasteiger partial charge in [0, 0.05) is 4.47 Å². The van der Waals surface area contributed by atoms with Gasteiger partial charge in [0.2, 0.25) is 0 Å². The summed E-state index contributed by atoms with van der Waals surface area (Å²) in [5.41, 5.74) is 1.39. The molecule has 58 valence electrons. The van der Waals surface area contributed by atoms with Gasteiger partial charge in [0.05, 0.1) is 0 Å². The Morgan fingerprint density at radius 3 is 1.91 bits per heavy atom. The molecule has 0 amide bonds. The van der Waals surface area contributed by atoms with Gasteiger partial charge >= 0.3 is 23.1 Å². The predicted octanol–water partition coefficient (Wildman–Crippen LogP) is 2.66. The first kappa shape index (κ1) is 11.5. The largest absolute Gasteiger partial charge is 0.316 e. The van der Waals surface area contributed by atoms with E-state index in [2.05, 4.69) is 54.0 Å². The second kappa shape index (κ2) is 5.17. The molecule has 0 radical (unpaired) electrons. The number of rotatable bonds is 1. The molecule has 0 nitrogen and oxygen atoms in total. The molecule has 0 aliphatic rings. The van der Waals surface area contributed by atoms with E-state index in [1.807, 2.05) is 0 Å². The minimum absolute atomic E-state index is 0. The van der Waals surface area contributed by atoms with Gasteiger partial charge in [-0.25, -0.2) is 0 Å². The minimum Gasteiger partial charge on any atom is -0.0587 e. The van der Waals surface area contributed by atoms with Crippen LogP contribution < -0.4 is 0 Å². The summed E-state index contributed by atoms with van der Waals surface area (Å²) in [5.74, 6) is 0.632. The fourth-order valence-corrected chi connectivity index (χ4v) is 1.11. The lowest BCUT2D eigenvalue weighted by molar-refractivity contribution is 0.866. The van der Waals surface area contributed by atoms with Gasteiger partial charge in [-0.1, -0.05) is 41.9 Å². The number of hydrogen-bond acceptors (Lipinski definition) is 0. The first-order chi connectivity index (χ1) is 4.70. The van der Waals surface area contributed by atoms with Crippen molar-refractivity contribution in [1.29, 1.82) is 0 Å². The van der Waals surface area contributed by atoms with Gasteiger partial charge in [0.15, 0.2) is 0 Å². The lowest BCUT2D eigenvalue weighted by Crippen LogP contribution is -1.84. The predicted molar refractivity (Wildman–Crippen MR) is 56.8 cm³/mol. The molecule has 1 aromatic rings. The first-order valence-electron chi connectivity index (χ1n) is 3.45. The molecule has 2 heteroatoms. The van der Waals surface area contributed by atoms with E-state index in [9.17, 15) is 0 Å². The monoisotopic (exact) mass is 224 g/mol. The van der Waals surface area contributed by atoms with Crippen molar-refractivity contribution >= 4 is 39.0 Å². The Bertz CT molecular complexity index is 203. The summed E-state index contributed by atoms with van der Waals surface area (Å²) in [5, 5.41) is 0. The highest BCUT2D eigenvalue weighted by Gasteiger charge is 1.95. The average Bonchev–Trinajstić information content (AvgIpc) is 1.88. The van der Waals surface area contributed by atoms with Crippen LogP contribution in [0.15, 0.2) is 28.7 Å². The molecule has 0 aliphatic heterocycles. The van der Waals surface area contributed by atoms with E-state index in [-0.39, 0.29) is 23.1 Å². The molecule has 1 rings (SSSR count). The molecule has 0 spiro atoms. The highest BCUT2D eigenvalue weighted by molar-refractivity contribution is 9.10. The molecular formula is C9H13BrMg. The van der Waals surface area contributed by atoms with Gasteiger partial charge in [-0.2, -0.15) is 0 Å². The van der Waals surface area contributed by atoms with Crippen molar-refractivity contribution in [2.45, 2.75) is 19.8 Å². The smallest absolute Gasteiger partial charge is 0.0587 e. The maximum atomic E-state index is 3.39. The molecule has 11 heavy (non-hydrogen) atoms. The molecule has 1 aromatic carbocycles. The van der Waals surface area contributed by atoms with Gasteiger partial charge in [-0.05, 0) is 23.6 Å². The maximum Gasteiger partial charge on any atom is 0.316 e. The van der Waals surface area contributed by atoms with Crippen molar-refractivity contribution < 1.29 is 0 Å². The zero-order valence-electron chi connectivity index (χ0n) is 6.26. The Balaban J connectivity index is 0.000001000. The van der Waals surface area contributed by atoms with Crippen molar-refractivity contribution in [3.63, 3.8) is 0 Å². The third-order valence-electron chi connectivity index (χ3n) is 1.54. The molecule has 0 N–H and O–H groups in total. The number of benzene rings is 1. The van der Waals surface area contributed by atoms with Crippen molar-refractivity contribution in [3.05, 3.63) is 34.3 Å². The quantitative estimate of drug-likeness (QED) is 0.645. The first-order valence-corrected chi connectivity index (χ1v) is 4.25. The summed E-state index contributed by atoms with van der Waals surface area (Å²) in [4.78, 5) is 0. The van der Waals surface area contributed by atoms with E-state index in [1.54, 1.807) is 0 Å². The normalized spacial score (nSPS) is 9.45. The zero-order valence-corrected chi connectivity index (χ0v) is 7.85. The van der Waals surface area contributed by atoms with E-state index in [1.165, 1.54) is 5.56 Å². The van der Waals surface area contributed by atoms with Crippen molar-refractivity contribution in [2.75, 3.05) is 0 Å². The highest BCUT2D eigenvalue weighted by atomic mass is 79.9. The van der Waals surface area contributed by atoms with E-state index >= 15 is 0 Å². The Kier molecular flexibility index (Phi) is 5.39. The number of halogens is 1. The van der Waals surface area contributed by atoms with Gasteiger partial charge in [0.25, 0.3) is 0 Å². The second-order valence-electron chi connectivity index (χ2n) is 2.71. The molecule has 0 aromatic heterocycles. The van der Waals surface area contributed by atoms with Crippen molar-refractivity contribution in [3.8, 4) is 0 Å². The summed E-state index contributed by atoms with van der Waals surface area (Å²) < 4.78 is 1.15. The van der Waals surface area contributed by atoms with Gasteiger partial charge in [-0.3, -0.25) is 0 Å². The lowest BCUT2D eigenvalue weighted by Gasteiger charge is -2.03. The third-order valence-corrected chi connectivity index (χ3v) is 2.07. The van der Waals surface area contributed by atoms with Crippen LogP contribution in [0.2, 0.25) is 0 Å². The van der Waals surface area contributed by atoms with E-state index < -0.39 is 0 Å². The van der Waals surface area contributed by atoms with Crippen LogP contribution in [-0.2, 0) is 0 Å². The van der Waals surface area contributed by atoms with E-state index in [4.69, 9.17) is 0 Å². The van der Waals surface area contributed by atoms with Crippen LogP contribution in [0.4, 0.5) is 0 Å². The van der Waals surface area contributed by atoms with Gasteiger partial charge in [-0.15, -0.1) is 0 Å². The van der Waals surface area contributed by atoms with Crippen LogP contribution in [0.1, 0.15) is 25.3 Å². The molecule has 0 saturated heterocycles. The Morgan fingerprint density at radius 1 is 1.09 bits per heavy atom. The third kappa shape index (κ3) is 3.58. The Labute approximate surface area is 92.7 Å². The lowest BCUT2D eigenvalue weighted by atomic mass is 10.0. The second-order valence-corrected chi connectivity index (χ2v) is 3.62. The summed E-state index contributed by atoms with van der Waals surface area (Å²) in [6.45, 7) is 4.40. The van der Waals surface area contributed by atoms with Crippen LogP contribution in [0.25, 0.3) is 0 Å². The summed E-state index contributed by atoms with van der Waals surface area (Å²) in [6, 6.07) is 8.45. The fourth-order valence-electron chi connectivity index (χ4n) is 0.848. The van der Waals surface area contributed by atoms with Crippen LogP contribution >= 0.6 is 15.9 Å². The highest BCUT2D eigenvalue weighted by Crippen LogP contribution is 2.16. The minimum atomic E-state index is 0. The maximum absolute atomic E-state index is 3.39. The standard InChI is InChI=1S/C9H11Br.Mg.2H/c1-7(2)8-3-5-9(10)6-4-8;;;/h3-7H,1-2H3;;;. The van der Waals surface area contributed by atoms with Crippen LogP contribution in [0.3, 0.4) is 0 Å². The van der Waals surface area contributed by atoms with Crippen LogP contribution in [0.5, 0.6) is 0 Å². The molecule has 0 atom stereocenters. The zero-order chi connectivity index (χ0) is 7.56. The van der Waals surface area contributed by atoms with Crippen LogP contribution in [0, 0.1) is 0 Å². The van der Waals surface area contributed by atoms with E-state index in [0.717, 1.165) is 4.47 Å². The average molecular weight is 225 g/mol. The molecule has 0 fully saturated rings. The topological polar surface area (TPSA) is 0 Å². The van der Waals surface area contributed by atoms with Crippen molar-refractivity contribution in [1.82, 2.24) is 0 Å². The summed E-state index contributed by atoms with van der Waals surface area (Å²) >= 11 is 3.39. The Morgan fingerprint density at radius 2 is 1.55 bits per heavy atom. The summed E-state index contributed by atoms with van der Waals surface area (Å²) in [6.07, 6.45) is 0. The molecule has 0 saturated carbocycles. The van der Waals surface area contributed by atoms with Crippen LogP contribution in [-0.4, -0.2) is 23.1 Å². The van der Waals surface area contributed by atoms with Gasteiger partial charge < -0.3 is 0 Å². The number of hydrogen-bond donors (Lipinski definition) is 0. The van der Waals surface area contributed by atoms with Crippen molar-refractivity contribution in [2.24, 2.45) is 0 Å². The molecule has 0 unspecified atom stereocenters. The van der Waals surface area contributed by atoms with E-state index in [0.29, 0.717) is 5.92 Å². The molecule has 0 bridgehead atoms. The molecule has 0 aliphatic carbocycles. The molecule has 0 heterocycles.